The van der Waals surface area contributed by atoms with Crippen molar-refractivity contribution in [1.82, 2.24) is 0 Å². The Morgan fingerprint density at radius 1 is 1.23 bits per heavy atom. The second-order valence-electron chi connectivity index (χ2n) is 3.80. The van der Waals surface area contributed by atoms with Gasteiger partial charge in [0.15, 0.2) is 0 Å². The third-order valence-corrected chi connectivity index (χ3v) is 2.64. The average molecular weight is 210 g/mol. The molecule has 80 valence electrons. The normalized spacial score (nSPS) is 17.5. The van der Waals surface area contributed by atoms with E-state index < -0.39 is 13.6 Å². The number of rotatable bonds is 5. The van der Waals surface area contributed by atoms with Gasteiger partial charge in [-0.25, -0.2) is 0 Å². The fraction of sp³-hybridized carbons (Fsp3) is 1.00. The molecule has 0 aliphatic heterocycles. The summed E-state index contributed by atoms with van der Waals surface area (Å²) < 4.78 is 10.6. The molecule has 5 nitrogen and oxygen atoms in total. The van der Waals surface area contributed by atoms with Crippen molar-refractivity contribution in [3.05, 3.63) is 0 Å². The van der Waals surface area contributed by atoms with Crippen LogP contribution in [0.2, 0.25) is 0 Å². The monoisotopic (exact) mass is 210 g/mol. The Kier molecular flexibility index (Phi) is 5.10. The van der Waals surface area contributed by atoms with Crippen molar-refractivity contribution >= 4 is 7.60 Å². The largest absolute Gasteiger partial charge is 0.327 e. The molecule has 2 atom stereocenters. The van der Waals surface area contributed by atoms with Gasteiger partial charge in [0, 0.05) is 12.1 Å². The number of hydrogen-bond donors (Lipinski definition) is 4. The minimum Gasteiger partial charge on any atom is -0.326 e. The van der Waals surface area contributed by atoms with Crippen LogP contribution in [0.25, 0.3) is 0 Å². The van der Waals surface area contributed by atoms with E-state index in [1.807, 2.05) is 13.8 Å². The van der Waals surface area contributed by atoms with E-state index in [4.69, 9.17) is 21.3 Å². The number of nitrogens with two attached hydrogens (primary N) is 2. The first-order chi connectivity index (χ1) is 5.72. The van der Waals surface area contributed by atoms with Gasteiger partial charge in [-0.3, -0.25) is 4.57 Å². The van der Waals surface area contributed by atoms with Crippen molar-refractivity contribution in [2.75, 3.05) is 6.16 Å². The van der Waals surface area contributed by atoms with E-state index in [1.54, 1.807) is 0 Å². The lowest BCUT2D eigenvalue weighted by Gasteiger charge is -2.21. The minimum absolute atomic E-state index is 0.332. The summed E-state index contributed by atoms with van der Waals surface area (Å²) in [6.45, 7) is 3.98. The molecule has 0 fully saturated rings. The molecule has 0 aromatic heterocycles. The van der Waals surface area contributed by atoms with Gasteiger partial charge in [0.05, 0.1) is 6.16 Å². The maximum atomic E-state index is 10.6. The van der Waals surface area contributed by atoms with Crippen LogP contribution >= 0.6 is 7.60 Å². The lowest BCUT2D eigenvalue weighted by atomic mass is 10.00. The summed E-state index contributed by atoms with van der Waals surface area (Å²) in [6, 6.07) is -0.962. The van der Waals surface area contributed by atoms with Crippen molar-refractivity contribution in [2.24, 2.45) is 17.4 Å². The molecule has 6 N–H and O–H groups in total. The van der Waals surface area contributed by atoms with Gasteiger partial charge in [0.1, 0.15) is 0 Å². The Morgan fingerprint density at radius 2 is 1.69 bits per heavy atom. The minimum atomic E-state index is -4.02. The van der Waals surface area contributed by atoms with Crippen molar-refractivity contribution in [2.45, 2.75) is 32.4 Å². The van der Waals surface area contributed by atoms with Gasteiger partial charge in [-0.1, -0.05) is 13.8 Å². The SMILES string of the molecule is CC(C)CC(N)C(N)CP(=O)(O)O. The van der Waals surface area contributed by atoms with Crippen molar-refractivity contribution < 1.29 is 14.4 Å². The van der Waals surface area contributed by atoms with Crippen molar-refractivity contribution in [3.8, 4) is 0 Å². The highest BCUT2D eigenvalue weighted by Gasteiger charge is 2.23. The predicted molar refractivity (Wildman–Crippen MR) is 52.3 cm³/mol. The second kappa shape index (κ2) is 5.08. The molecular formula is C7H19N2O3P. The molecule has 0 aliphatic rings. The first kappa shape index (κ1) is 13.1. The van der Waals surface area contributed by atoms with Gasteiger partial charge >= 0.3 is 7.60 Å². The molecule has 0 bridgehead atoms. The van der Waals surface area contributed by atoms with Gasteiger partial charge in [-0.15, -0.1) is 0 Å². The van der Waals surface area contributed by atoms with Crippen LogP contribution in [0.4, 0.5) is 0 Å². The van der Waals surface area contributed by atoms with Gasteiger partial charge < -0.3 is 21.3 Å². The van der Waals surface area contributed by atoms with E-state index in [2.05, 4.69) is 0 Å². The van der Waals surface area contributed by atoms with E-state index in [0.717, 1.165) is 0 Å². The third kappa shape index (κ3) is 7.16. The molecule has 0 aliphatic carbocycles. The highest BCUT2D eigenvalue weighted by molar-refractivity contribution is 7.51. The van der Waals surface area contributed by atoms with Crippen LogP contribution in [0.1, 0.15) is 20.3 Å². The van der Waals surface area contributed by atoms with Crippen LogP contribution in [0.15, 0.2) is 0 Å². The van der Waals surface area contributed by atoms with E-state index >= 15 is 0 Å². The molecular weight excluding hydrogens is 191 g/mol. The van der Waals surface area contributed by atoms with Crippen LogP contribution < -0.4 is 11.5 Å². The first-order valence-electron chi connectivity index (χ1n) is 4.28. The summed E-state index contributed by atoms with van der Waals surface area (Å²) in [5.74, 6) is 0.387. The lowest BCUT2D eigenvalue weighted by molar-refractivity contribution is 0.358. The first-order valence-corrected chi connectivity index (χ1v) is 6.08. The van der Waals surface area contributed by atoms with Gasteiger partial charge in [-0.05, 0) is 12.3 Å². The maximum absolute atomic E-state index is 10.6. The van der Waals surface area contributed by atoms with Gasteiger partial charge in [0.2, 0.25) is 0 Å². The molecule has 0 aromatic rings. The van der Waals surface area contributed by atoms with Crippen LogP contribution in [-0.4, -0.2) is 28.0 Å². The van der Waals surface area contributed by atoms with Crippen LogP contribution in [0.3, 0.4) is 0 Å². The molecule has 0 aromatic carbocycles. The van der Waals surface area contributed by atoms with Gasteiger partial charge in [0.25, 0.3) is 0 Å². The quantitative estimate of drug-likeness (QED) is 0.472. The third-order valence-electron chi connectivity index (χ3n) is 1.74. The Hall–Kier alpha value is 0.0700. The van der Waals surface area contributed by atoms with E-state index in [9.17, 15) is 4.57 Å². The molecule has 0 radical (unpaired) electrons. The molecule has 0 saturated heterocycles. The topological polar surface area (TPSA) is 110 Å². The van der Waals surface area contributed by atoms with E-state index in [0.29, 0.717) is 12.3 Å². The Morgan fingerprint density at radius 3 is 2.00 bits per heavy atom. The number of hydrogen-bond acceptors (Lipinski definition) is 3. The highest BCUT2D eigenvalue weighted by atomic mass is 31.2. The molecule has 13 heavy (non-hydrogen) atoms. The lowest BCUT2D eigenvalue weighted by Crippen LogP contribution is -2.44. The molecule has 6 heteroatoms. The van der Waals surface area contributed by atoms with Crippen LogP contribution in [0, 0.1) is 5.92 Å². The summed E-state index contributed by atoms with van der Waals surface area (Å²) in [6.07, 6.45) is 0.349. The molecule has 0 heterocycles. The zero-order valence-electron chi connectivity index (χ0n) is 8.05. The van der Waals surface area contributed by atoms with E-state index in [-0.39, 0.29) is 12.2 Å². The smallest absolute Gasteiger partial charge is 0.326 e. The van der Waals surface area contributed by atoms with Crippen molar-refractivity contribution in [3.63, 3.8) is 0 Å². The predicted octanol–water partition coefficient (Wildman–Crippen LogP) is -0.135. The van der Waals surface area contributed by atoms with Crippen LogP contribution in [-0.2, 0) is 4.57 Å². The molecule has 0 saturated carbocycles. The summed E-state index contributed by atoms with van der Waals surface area (Å²) in [5, 5.41) is 0. The van der Waals surface area contributed by atoms with Crippen molar-refractivity contribution in [1.29, 1.82) is 0 Å². The maximum Gasteiger partial charge on any atom is 0.327 e. The zero-order valence-corrected chi connectivity index (χ0v) is 8.95. The fourth-order valence-electron chi connectivity index (χ4n) is 1.13. The second-order valence-corrected chi connectivity index (χ2v) is 5.50. The summed E-state index contributed by atoms with van der Waals surface area (Å²) >= 11 is 0. The summed E-state index contributed by atoms with van der Waals surface area (Å²) in [5.41, 5.74) is 11.2. The fourth-order valence-corrected chi connectivity index (χ4v) is 1.95. The van der Waals surface area contributed by atoms with E-state index in [1.165, 1.54) is 0 Å². The summed E-state index contributed by atoms with van der Waals surface area (Å²) in [7, 11) is -4.02. The Labute approximate surface area is 78.7 Å². The van der Waals surface area contributed by atoms with Gasteiger partial charge in [-0.2, -0.15) is 0 Å². The highest BCUT2D eigenvalue weighted by Crippen LogP contribution is 2.35. The standard InChI is InChI=1S/C7H19N2O3P/c1-5(2)3-6(8)7(9)4-13(10,11)12/h5-7H,3-4,8-9H2,1-2H3,(H2,10,11,12). The summed E-state index contributed by atoms with van der Waals surface area (Å²) in [4.78, 5) is 17.3. The van der Waals surface area contributed by atoms with Crippen LogP contribution in [0.5, 0.6) is 0 Å². The molecule has 2 unspecified atom stereocenters. The zero-order chi connectivity index (χ0) is 10.6. The Bertz CT molecular complexity index is 192. The Balaban J connectivity index is 3.96. The average Bonchev–Trinajstić information content (AvgIpc) is 1.81. The molecule has 0 rings (SSSR count). The molecule has 0 amide bonds. The molecule has 0 spiro atoms.